The summed E-state index contributed by atoms with van der Waals surface area (Å²) < 4.78 is 1.32. The zero-order valence-corrected chi connectivity index (χ0v) is 10.3. The summed E-state index contributed by atoms with van der Waals surface area (Å²) in [6, 6.07) is 16.6. The molecule has 2 aromatic heterocycles. The fourth-order valence-electron chi connectivity index (χ4n) is 1.62. The van der Waals surface area contributed by atoms with E-state index in [2.05, 4.69) is 35.3 Å². The van der Waals surface area contributed by atoms with Gasteiger partial charge in [-0.3, -0.25) is 4.98 Å². The number of rotatable bonds is 1. The smallest absolute Gasteiger partial charge is 0.0802 e. The number of nitrogens with zero attached hydrogens (tertiary/aromatic N) is 1. The third-order valence-corrected chi connectivity index (χ3v) is 3.48. The molecule has 3 aromatic rings. The van der Waals surface area contributed by atoms with Gasteiger partial charge in [0, 0.05) is 18.0 Å². The number of aliphatic hydroxyl groups is 1. The van der Waals surface area contributed by atoms with E-state index in [-0.39, 0.29) is 0 Å². The van der Waals surface area contributed by atoms with Gasteiger partial charge in [-0.2, -0.15) is 0 Å². The minimum absolute atomic E-state index is 1.00. The van der Waals surface area contributed by atoms with Crippen molar-refractivity contribution in [3.63, 3.8) is 0 Å². The fourth-order valence-corrected chi connectivity index (χ4v) is 2.66. The van der Waals surface area contributed by atoms with Crippen LogP contribution in [0.5, 0.6) is 0 Å². The summed E-state index contributed by atoms with van der Waals surface area (Å²) in [6.45, 7) is 0. The first-order valence-electron chi connectivity index (χ1n) is 5.28. The molecule has 0 aliphatic carbocycles. The molecule has 1 aromatic carbocycles. The standard InChI is InChI=1S/C13H9NS.CH4O/c1-2-7-12-10(5-1)9-13(15-12)11-6-3-4-8-14-11;1-2/h1-9H;2H,1H3. The van der Waals surface area contributed by atoms with Gasteiger partial charge in [-0.25, -0.2) is 0 Å². The normalized spacial score (nSPS) is 9.76. The van der Waals surface area contributed by atoms with Crippen molar-refractivity contribution in [3.05, 3.63) is 54.7 Å². The number of aliphatic hydroxyl groups excluding tert-OH is 1. The van der Waals surface area contributed by atoms with Crippen LogP contribution >= 0.6 is 11.3 Å². The van der Waals surface area contributed by atoms with Gasteiger partial charge in [0.1, 0.15) is 0 Å². The summed E-state index contributed by atoms with van der Waals surface area (Å²) in [7, 11) is 1.00. The van der Waals surface area contributed by atoms with Gasteiger partial charge in [-0.1, -0.05) is 24.3 Å². The molecule has 0 aliphatic heterocycles. The molecule has 0 saturated carbocycles. The summed E-state index contributed by atoms with van der Waals surface area (Å²) in [5.41, 5.74) is 1.05. The van der Waals surface area contributed by atoms with Crippen LogP contribution < -0.4 is 0 Å². The van der Waals surface area contributed by atoms with Crippen molar-refractivity contribution < 1.29 is 5.11 Å². The van der Waals surface area contributed by atoms with Gasteiger partial charge in [0.2, 0.25) is 0 Å². The lowest BCUT2D eigenvalue weighted by molar-refractivity contribution is 0.399. The van der Waals surface area contributed by atoms with Crippen molar-refractivity contribution in [2.75, 3.05) is 7.11 Å². The predicted octanol–water partition coefficient (Wildman–Crippen LogP) is 3.57. The Labute approximate surface area is 104 Å². The van der Waals surface area contributed by atoms with E-state index >= 15 is 0 Å². The van der Waals surface area contributed by atoms with Crippen LogP contribution in [0.3, 0.4) is 0 Å². The minimum atomic E-state index is 1.00. The predicted molar refractivity (Wildman–Crippen MR) is 73.2 cm³/mol. The highest BCUT2D eigenvalue weighted by Crippen LogP contribution is 2.31. The summed E-state index contributed by atoms with van der Waals surface area (Å²) in [5.74, 6) is 0. The van der Waals surface area contributed by atoms with Crippen molar-refractivity contribution in [1.29, 1.82) is 0 Å². The molecule has 17 heavy (non-hydrogen) atoms. The number of hydrogen-bond acceptors (Lipinski definition) is 3. The Bertz CT molecular complexity index is 556. The first-order valence-corrected chi connectivity index (χ1v) is 6.10. The molecular formula is C14H13NOS. The second kappa shape index (κ2) is 5.57. The second-order valence-corrected chi connectivity index (χ2v) is 4.45. The maximum Gasteiger partial charge on any atom is 0.0802 e. The quantitative estimate of drug-likeness (QED) is 0.708. The Hall–Kier alpha value is -1.71. The third-order valence-electron chi connectivity index (χ3n) is 2.34. The first-order chi connectivity index (χ1) is 8.43. The molecule has 0 radical (unpaired) electrons. The van der Waals surface area contributed by atoms with E-state index in [0.717, 1.165) is 12.8 Å². The van der Waals surface area contributed by atoms with E-state index in [1.807, 2.05) is 24.4 Å². The van der Waals surface area contributed by atoms with Crippen LogP contribution in [0, 0.1) is 0 Å². The van der Waals surface area contributed by atoms with E-state index in [1.54, 1.807) is 11.3 Å². The first kappa shape index (κ1) is 11.8. The highest BCUT2D eigenvalue weighted by atomic mass is 32.1. The van der Waals surface area contributed by atoms with Gasteiger partial charge in [-0.15, -0.1) is 11.3 Å². The zero-order valence-electron chi connectivity index (χ0n) is 9.50. The van der Waals surface area contributed by atoms with Crippen LogP contribution in [-0.2, 0) is 0 Å². The van der Waals surface area contributed by atoms with Crippen molar-refractivity contribution in [1.82, 2.24) is 4.98 Å². The highest BCUT2D eigenvalue weighted by Gasteiger charge is 2.03. The van der Waals surface area contributed by atoms with Crippen LogP contribution in [0.15, 0.2) is 54.7 Å². The maximum absolute atomic E-state index is 7.00. The van der Waals surface area contributed by atoms with Gasteiger partial charge in [0.05, 0.1) is 10.6 Å². The van der Waals surface area contributed by atoms with Crippen LogP contribution in [0.1, 0.15) is 0 Å². The van der Waals surface area contributed by atoms with Crippen LogP contribution in [0.2, 0.25) is 0 Å². The van der Waals surface area contributed by atoms with Crippen molar-refractivity contribution in [2.45, 2.75) is 0 Å². The monoisotopic (exact) mass is 243 g/mol. The second-order valence-electron chi connectivity index (χ2n) is 3.36. The molecule has 0 spiro atoms. The Morgan fingerprint density at radius 3 is 2.47 bits per heavy atom. The fraction of sp³-hybridized carbons (Fsp3) is 0.0714. The van der Waals surface area contributed by atoms with Crippen LogP contribution in [0.25, 0.3) is 20.7 Å². The molecule has 0 atom stereocenters. The topological polar surface area (TPSA) is 33.1 Å². The van der Waals surface area contributed by atoms with E-state index in [9.17, 15) is 0 Å². The molecule has 0 fully saturated rings. The van der Waals surface area contributed by atoms with Gasteiger partial charge in [0.15, 0.2) is 0 Å². The molecule has 0 bridgehead atoms. The molecule has 1 N–H and O–H groups in total. The van der Waals surface area contributed by atoms with E-state index in [0.29, 0.717) is 0 Å². The van der Waals surface area contributed by atoms with E-state index in [1.165, 1.54) is 15.0 Å². The number of hydrogen-bond donors (Lipinski definition) is 1. The minimum Gasteiger partial charge on any atom is -0.400 e. The molecule has 0 aliphatic rings. The molecular weight excluding hydrogens is 230 g/mol. The lowest BCUT2D eigenvalue weighted by Crippen LogP contribution is -1.75. The summed E-state index contributed by atoms with van der Waals surface area (Å²) in [6.07, 6.45) is 1.83. The molecule has 2 nitrogen and oxygen atoms in total. The number of thiophene rings is 1. The molecule has 86 valence electrons. The molecule has 3 rings (SSSR count). The number of benzene rings is 1. The average Bonchev–Trinajstić information content (AvgIpc) is 2.86. The molecule has 0 saturated heterocycles. The average molecular weight is 243 g/mol. The lowest BCUT2D eigenvalue weighted by atomic mass is 10.2. The van der Waals surface area contributed by atoms with Crippen LogP contribution in [-0.4, -0.2) is 17.2 Å². The molecule has 3 heteroatoms. The van der Waals surface area contributed by atoms with Gasteiger partial charge in [-0.05, 0) is 29.7 Å². The van der Waals surface area contributed by atoms with Crippen molar-refractivity contribution in [2.24, 2.45) is 0 Å². The number of fused-ring (bicyclic) bond motifs is 1. The Kier molecular flexibility index (Phi) is 3.85. The van der Waals surface area contributed by atoms with Crippen LogP contribution in [0.4, 0.5) is 0 Å². The summed E-state index contributed by atoms with van der Waals surface area (Å²) >= 11 is 1.79. The maximum atomic E-state index is 7.00. The van der Waals surface area contributed by atoms with Crippen molar-refractivity contribution >= 4 is 21.4 Å². The Balaban J connectivity index is 0.000000514. The molecule has 0 amide bonds. The van der Waals surface area contributed by atoms with Crippen molar-refractivity contribution in [3.8, 4) is 10.6 Å². The van der Waals surface area contributed by atoms with E-state index in [4.69, 9.17) is 5.11 Å². The lowest BCUT2D eigenvalue weighted by Gasteiger charge is -1.92. The number of aromatic nitrogens is 1. The molecule has 0 unspecified atom stereocenters. The zero-order chi connectivity index (χ0) is 12.1. The van der Waals surface area contributed by atoms with E-state index < -0.39 is 0 Å². The number of pyridine rings is 1. The summed E-state index contributed by atoms with van der Waals surface area (Å²) in [5, 5.41) is 8.29. The SMILES string of the molecule is CO.c1ccc(-c2cc3ccccc3s2)nc1. The Morgan fingerprint density at radius 1 is 1.00 bits per heavy atom. The summed E-state index contributed by atoms with van der Waals surface area (Å²) in [4.78, 5) is 5.59. The third kappa shape index (κ3) is 2.52. The highest BCUT2D eigenvalue weighted by molar-refractivity contribution is 7.22. The largest absolute Gasteiger partial charge is 0.400 e. The van der Waals surface area contributed by atoms with Gasteiger partial charge in [0.25, 0.3) is 0 Å². The van der Waals surface area contributed by atoms with Gasteiger partial charge >= 0.3 is 0 Å². The van der Waals surface area contributed by atoms with Gasteiger partial charge < -0.3 is 5.11 Å². The molecule has 2 heterocycles. The Morgan fingerprint density at radius 2 is 1.76 bits per heavy atom.